The highest BCUT2D eigenvalue weighted by Crippen LogP contribution is 2.62. The molecule has 2 aliphatic carbocycles. The van der Waals surface area contributed by atoms with Gasteiger partial charge in [0.15, 0.2) is 0 Å². The highest BCUT2D eigenvalue weighted by Gasteiger charge is 2.58. The quantitative estimate of drug-likeness (QED) is 0.186. The first-order valence-corrected chi connectivity index (χ1v) is 18.2. The van der Waals surface area contributed by atoms with Crippen molar-refractivity contribution in [1.29, 1.82) is 5.26 Å². The molecule has 1 saturated heterocycles. The molecule has 4 heterocycles. The molecule has 7 rings (SSSR count). The Balaban J connectivity index is 1.41. The highest BCUT2D eigenvalue weighted by atomic mass is 19.1. The Morgan fingerprint density at radius 2 is 1.80 bits per heavy atom. The van der Waals surface area contributed by atoms with E-state index in [-0.39, 0.29) is 52.4 Å². The number of aromatic nitrogens is 3. The van der Waals surface area contributed by atoms with Crippen molar-refractivity contribution >= 4 is 40.4 Å². The molecule has 14 heteroatoms. The summed E-state index contributed by atoms with van der Waals surface area (Å²) in [7, 11) is 3.10. The van der Waals surface area contributed by atoms with Gasteiger partial charge in [0, 0.05) is 80.9 Å². The van der Waals surface area contributed by atoms with Gasteiger partial charge in [0.25, 0.3) is 0 Å². The van der Waals surface area contributed by atoms with Crippen LogP contribution in [0.25, 0.3) is 33.3 Å². The molecule has 0 radical (unpaired) electrons. The highest BCUT2D eigenvalue weighted by molar-refractivity contribution is 6.01. The van der Waals surface area contributed by atoms with E-state index in [1.54, 1.807) is 46.3 Å². The number of aromatic carboxylic acids is 1. The van der Waals surface area contributed by atoms with Gasteiger partial charge in [-0.05, 0) is 83.4 Å². The van der Waals surface area contributed by atoms with Crippen LogP contribution in [0.3, 0.4) is 0 Å². The Morgan fingerprint density at radius 1 is 1.09 bits per heavy atom. The van der Waals surface area contributed by atoms with Gasteiger partial charge < -0.3 is 24.0 Å². The summed E-state index contributed by atoms with van der Waals surface area (Å²) in [5, 5.41) is 20.3. The number of carboxylic acid groups (broad SMARTS) is 1. The van der Waals surface area contributed by atoms with Crippen LogP contribution in [0, 0.1) is 28.5 Å². The summed E-state index contributed by atoms with van der Waals surface area (Å²) < 4.78 is 28.8. The molecule has 286 valence electrons. The molecular formula is C41H43FN6O7. The molecule has 13 nitrogen and oxygen atoms in total. The number of benzene rings is 1. The van der Waals surface area contributed by atoms with E-state index in [4.69, 9.17) is 14.5 Å². The average Bonchev–Trinajstić information content (AvgIpc) is 3.37. The molecule has 3 aromatic heterocycles. The van der Waals surface area contributed by atoms with E-state index in [2.05, 4.69) is 16.0 Å². The fourth-order valence-corrected chi connectivity index (χ4v) is 8.17. The number of carbonyl (C=O) groups is 3. The zero-order chi connectivity index (χ0) is 39.9. The van der Waals surface area contributed by atoms with Gasteiger partial charge in [-0.2, -0.15) is 5.26 Å². The number of anilines is 2. The first-order valence-electron chi connectivity index (χ1n) is 18.2. The molecule has 1 saturated carbocycles. The number of aryl methyl sites for hydroxylation is 1. The first kappa shape index (κ1) is 37.5. The van der Waals surface area contributed by atoms with Crippen molar-refractivity contribution < 1.29 is 33.4 Å². The normalized spacial score (nSPS) is 18.5. The minimum atomic E-state index is -1.37. The van der Waals surface area contributed by atoms with Crippen molar-refractivity contribution in [2.45, 2.75) is 78.4 Å². The molecule has 1 aliphatic heterocycles. The van der Waals surface area contributed by atoms with Crippen molar-refractivity contribution in [3.05, 3.63) is 69.1 Å². The predicted molar refractivity (Wildman–Crippen MR) is 203 cm³/mol. The molecule has 1 spiro atoms. The summed E-state index contributed by atoms with van der Waals surface area (Å²) in [6, 6.07) is 4.82. The standard InChI is InChI=1S/C41H43FN6O7/c1-39(2,3)54-31(49)12-22-15-41(22)9-10-48(20-41)34-26(21-11-24-35(50)27(37(51)52)19-46(7)36(24)45-17-21)18-44-29-13-23-30(47(8)38(53)55-40(4,5)6)14-28(42)25(16-43)32(23)33(29)34/h11,14,17-19,22H,9-10,12-13,15,20H2,1-8H3,(H,51,52)/t22-,41+/m0/s1. The molecule has 2 atom stereocenters. The average molecular weight is 751 g/mol. The third-order valence-electron chi connectivity index (χ3n) is 10.7. The van der Waals surface area contributed by atoms with Crippen LogP contribution in [0.15, 0.2) is 35.5 Å². The summed E-state index contributed by atoms with van der Waals surface area (Å²) in [6.45, 7) is 11.8. The second kappa shape index (κ2) is 12.9. The zero-order valence-corrected chi connectivity index (χ0v) is 32.2. The maximum atomic E-state index is 16.1. The van der Waals surface area contributed by atoms with Crippen LogP contribution < -0.4 is 15.2 Å². The second-order valence-corrected chi connectivity index (χ2v) is 16.9. The number of amides is 1. The summed E-state index contributed by atoms with van der Waals surface area (Å²) >= 11 is 0. The monoisotopic (exact) mass is 750 g/mol. The Hall–Kier alpha value is -5.84. The Kier molecular flexibility index (Phi) is 8.78. The van der Waals surface area contributed by atoms with Gasteiger partial charge >= 0.3 is 18.0 Å². The number of carboxylic acids is 1. The van der Waals surface area contributed by atoms with Gasteiger partial charge in [-0.3, -0.25) is 19.5 Å². The van der Waals surface area contributed by atoms with Crippen molar-refractivity contribution in [3.8, 4) is 28.3 Å². The van der Waals surface area contributed by atoms with Crippen LogP contribution in [0.5, 0.6) is 0 Å². The van der Waals surface area contributed by atoms with Gasteiger partial charge in [-0.25, -0.2) is 19.0 Å². The number of fused-ring (bicyclic) bond motifs is 4. The lowest BCUT2D eigenvalue weighted by Crippen LogP contribution is -2.34. The van der Waals surface area contributed by atoms with E-state index in [1.165, 1.54) is 28.8 Å². The van der Waals surface area contributed by atoms with E-state index in [0.29, 0.717) is 52.3 Å². The van der Waals surface area contributed by atoms with Gasteiger partial charge in [0.05, 0.1) is 28.0 Å². The number of rotatable bonds is 6. The Morgan fingerprint density at radius 3 is 2.45 bits per heavy atom. The van der Waals surface area contributed by atoms with E-state index in [0.717, 1.165) is 12.8 Å². The number of carbonyl (C=O) groups excluding carboxylic acids is 2. The number of nitrogens with zero attached hydrogens (tertiary/aromatic N) is 6. The molecule has 2 fully saturated rings. The largest absolute Gasteiger partial charge is 0.477 e. The maximum absolute atomic E-state index is 16.1. The van der Waals surface area contributed by atoms with E-state index in [1.807, 2.05) is 20.8 Å². The Labute approximate surface area is 317 Å². The number of halogens is 1. The van der Waals surface area contributed by atoms with Crippen molar-refractivity contribution in [3.63, 3.8) is 0 Å². The van der Waals surface area contributed by atoms with Crippen LogP contribution >= 0.6 is 0 Å². The lowest BCUT2D eigenvalue weighted by atomic mass is 9.94. The summed E-state index contributed by atoms with van der Waals surface area (Å²) in [5.74, 6) is -2.34. The summed E-state index contributed by atoms with van der Waals surface area (Å²) in [4.78, 5) is 64.4. The topological polar surface area (TPSA) is 168 Å². The molecule has 1 aromatic carbocycles. The Bertz CT molecular complexity index is 2440. The SMILES string of the molecule is CN(C(=O)OC(C)(C)C)c1cc(F)c(C#N)c2c1Cc1ncc(-c3cnc4c(c3)c(=O)c(C(=O)O)cn4C)c(N3CC[C@@]4(C[C@@H]4CC(=O)OC(C)(C)C)C3)c1-2. The third-order valence-corrected chi connectivity index (χ3v) is 10.7. The molecule has 1 amide bonds. The number of hydrogen-bond donors (Lipinski definition) is 1. The fraction of sp³-hybridized carbons (Fsp3) is 0.439. The van der Waals surface area contributed by atoms with Gasteiger partial charge in [-0.1, -0.05) is 0 Å². The lowest BCUT2D eigenvalue weighted by molar-refractivity contribution is -0.155. The van der Waals surface area contributed by atoms with Crippen LogP contribution in [0.2, 0.25) is 0 Å². The van der Waals surface area contributed by atoms with E-state index >= 15 is 4.39 Å². The predicted octanol–water partition coefficient (Wildman–Crippen LogP) is 6.60. The maximum Gasteiger partial charge on any atom is 0.414 e. The van der Waals surface area contributed by atoms with Gasteiger partial charge in [0.2, 0.25) is 5.43 Å². The number of nitriles is 1. The molecule has 4 aromatic rings. The minimum absolute atomic E-state index is 0.0919. The number of pyridine rings is 3. The van der Waals surface area contributed by atoms with Crippen molar-refractivity contribution in [2.75, 3.05) is 29.9 Å². The lowest BCUT2D eigenvalue weighted by Gasteiger charge is -2.27. The number of ether oxygens (including phenoxy) is 2. The zero-order valence-electron chi connectivity index (χ0n) is 32.2. The van der Waals surface area contributed by atoms with E-state index < -0.39 is 40.1 Å². The van der Waals surface area contributed by atoms with Crippen LogP contribution in [-0.2, 0) is 27.7 Å². The molecular weight excluding hydrogens is 707 g/mol. The molecule has 3 aliphatic rings. The summed E-state index contributed by atoms with van der Waals surface area (Å²) in [5.41, 5.74) is 1.21. The van der Waals surface area contributed by atoms with Crippen molar-refractivity contribution in [1.82, 2.24) is 14.5 Å². The van der Waals surface area contributed by atoms with Gasteiger partial charge in [-0.15, -0.1) is 0 Å². The second-order valence-electron chi connectivity index (χ2n) is 16.9. The first-order chi connectivity index (χ1) is 25.7. The van der Waals surface area contributed by atoms with Crippen LogP contribution in [-0.4, -0.2) is 69.0 Å². The molecule has 1 N–H and O–H groups in total. The fourth-order valence-electron chi connectivity index (χ4n) is 8.17. The van der Waals surface area contributed by atoms with Crippen LogP contribution in [0.4, 0.5) is 20.6 Å². The third kappa shape index (κ3) is 6.66. The number of esters is 1. The summed E-state index contributed by atoms with van der Waals surface area (Å²) in [6.07, 6.45) is 5.83. The van der Waals surface area contributed by atoms with Crippen molar-refractivity contribution in [2.24, 2.45) is 18.4 Å². The molecule has 0 unspecified atom stereocenters. The molecule has 0 bridgehead atoms. The molecule has 55 heavy (non-hydrogen) atoms. The van der Waals surface area contributed by atoms with Crippen LogP contribution in [0.1, 0.15) is 88.0 Å². The minimum Gasteiger partial charge on any atom is -0.477 e. The van der Waals surface area contributed by atoms with E-state index in [9.17, 15) is 29.5 Å². The van der Waals surface area contributed by atoms with Gasteiger partial charge in [0.1, 0.15) is 34.3 Å². The number of hydrogen-bond acceptors (Lipinski definition) is 10. The smallest absolute Gasteiger partial charge is 0.414 e.